The van der Waals surface area contributed by atoms with Gasteiger partial charge in [-0.05, 0) is 58.5 Å². The van der Waals surface area contributed by atoms with E-state index in [0.29, 0.717) is 12.1 Å². The number of hydrogen-bond donors (Lipinski definition) is 2. The second kappa shape index (κ2) is 6.90. The molecule has 0 aromatic heterocycles. The molecule has 3 N–H and O–H groups in total. The van der Waals surface area contributed by atoms with Crippen molar-refractivity contribution in [1.29, 1.82) is 0 Å². The van der Waals surface area contributed by atoms with E-state index in [1.54, 1.807) is 0 Å². The van der Waals surface area contributed by atoms with Gasteiger partial charge in [0.25, 0.3) is 0 Å². The number of nitrogens with one attached hydrogen (secondary N) is 1. The molecule has 1 aliphatic heterocycles. The number of primary amides is 1. The second-order valence-corrected chi connectivity index (χ2v) is 6.60. The first kappa shape index (κ1) is 15.8. The van der Waals surface area contributed by atoms with Gasteiger partial charge in [0.2, 0.25) is 5.91 Å². The average molecular weight is 281 g/mol. The summed E-state index contributed by atoms with van der Waals surface area (Å²) in [5.74, 6) is -0.174. The van der Waals surface area contributed by atoms with Crippen molar-refractivity contribution in [3.8, 4) is 0 Å². The van der Waals surface area contributed by atoms with Crippen LogP contribution in [0.5, 0.6) is 0 Å². The molecule has 0 aromatic carbocycles. The first-order chi connectivity index (χ1) is 9.63. The predicted molar refractivity (Wildman–Crippen MR) is 82.5 cm³/mol. The first-order valence-electron chi connectivity index (χ1n) is 8.37. The molecule has 1 amide bonds. The van der Waals surface area contributed by atoms with Crippen LogP contribution in [-0.2, 0) is 4.79 Å². The van der Waals surface area contributed by atoms with Gasteiger partial charge >= 0.3 is 0 Å². The van der Waals surface area contributed by atoms with E-state index in [1.807, 2.05) is 7.05 Å². The highest BCUT2D eigenvalue weighted by atomic mass is 16.1. The number of nitrogens with zero attached hydrogens (tertiary/aromatic N) is 1. The lowest BCUT2D eigenvalue weighted by Crippen LogP contribution is -2.60. The van der Waals surface area contributed by atoms with Crippen molar-refractivity contribution in [2.24, 2.45) is 5.73 Å². The molecular weight excluding hydrogens is 250 g/mol. The maximum absolute atomic E-state index is 11.9. The molecule has 4 heteroatoms. The van der Waals surface area contributed by atoms with Crippen LogP contribution in [0, 0.1) is 0 Å². The Kier molecular flexibility index (Phi) is 5.44. The maximum atomic E-state index is 11.9. The van der Waals surface area contributed by atoms with Crippen molar-refractivity contribution in [1.82, 2.24) is 10.2 Å². The Morgan fingerprint density at radius 1 is 1.30 bits per heavy atom. The van der Waals surface area contributed by atoms with Crippen LogP contribution in [0.15, 0.2) is 0 Å². The second-order valence-electron chi connectivity index (χ2n) is 6.60. The molecule has 116 valence electrons. The van der Waals surface area contributed by atoms with E-state index in [9.17, 15) is 4.79 Å². The van der Waals surface area contributed by atoms with Crippen molar-refractivity contribution in [3.63, 3.8) is 0 Å². The molecule has 2 aliphatic rings. The predicted octanol–water partition coefficient (Wildman–Crippen LogP) is 2.03. The summed E-state index contributed by atoms with van der Waals surface area (Å²) in [5.41, 5.74) is 5.20. The highest BCUT2D eigenvalue weighted by Gasteiger charge is 2.42. The number of hydrogen-bond acceptors (Lipinski definition) is 3. The van der Waals surface area contributed by atoms with E-state index in [4.69, 9.17) is 5.73 Å². The van der Waals surface area contributed by atoms with Crippen molar-refractivity contribution in [3.05, 3.63) is 0 Å². The average Bonchev–Trinajstić information content (AvgIpc) is 2.72. The first-order valence-corrected chi connectivity index (χ1v) is 8.37. The number of amides is 1. The van der Waals surface area contributed by atoms with Gasteiger partial charge in [0.15, 0.2) is 0 Å². The van der Waals surface area contributed by atoms with Crippen molar-refractivity contribution in [2.45, 2.75) is 82.3 Å². The SMILES string of the molecule is CCC1CCCCCN1C1CCCC(NC)(C(N)=O)C1. The molecule has 0 aromatic rings. The Hall–Kier alpha value is -0.610. The lowest BCUT2D eigenvalue weighted by molar-refractivity contribution is -0.126. The fourth-order valence-corrected chi connectivity index (χ4v) is 4.22. The molecule has 0 spiro atoms. The van der Waals surface area contributed by atoms with Gasteiger partial charge in [0.1, 0.15) is 0 Å². The van der Waals surface area contributed by atoms with Crippen LogP contribution in [0.3, 0.4) is 0 Å². The molecule has 0 bridgehead atoms. The molecule has 2 rings (SSSR count). The zero-order valence-electron chi connectivity index (χ0n) is 13.2. The minimum Gasteiger partial charge on any atom is -0.368 e. The van der Waals surface area contributed by atoms with Crippen LogP contribution >= 0.6 is 0 Å². The third-order valence-electron chi connectivity index (χ3n) is 5.54. The largest absolute Gasteiger partial charge is 0.368 e. The van der Waals surface area contributed by atoms with Crippen LogP contribution < -0.4 is 11.1 Å². The molecule has 4 nitrogen and oxygen atoms in total. The fourth-order valence-electron chi connectivity index (χ4n) is 4.22. The topological polar surface area (TPSA) is 58.4 Å². The molecule has 0 radical (unpaired) electrons. The number of carbonyl (C=O) groups excluding carboxylic acids is 1. The van der Waals surface area contributed by atoms with Crippen LogP contribution in [0.2, 0.25) is 0 Å². The Morgan fingerprint density at radius 3 is 2.75 bits per heavy atom. The number of carbonyl (C=O) groups is 1. The highest BCUT2D eigenvalue weighted by molar-refractivity contribution is 5.84. The van der Waals surface area contributed by atoms with Crippen LogP contribution in [0.1, 0.15) is 64.7 Å². The van der Waals surface area contributed by atoms with Gasteiger partial charge in [-0.15, -0.1) is 0 Å². The van der Waals surface area contributed by atoms with E-state index in [0.717, 1.165) is 19.3 Å². The molecule has 1 aliphatic carbocycles. The molecule has 3 unspecified atom stereocenters. The third-order valence-corrected chi connectivity index (χ3v) is 5.54. The molecule has 3 atom stereocenters. The summed E-state index contributed by atoms with van der Waals surface area (Å²) in [7, 11) is 1.88. The summed E-state index contributed by atoms with van der Waals surface area (Å²) >= 11 is 0. The van der Waals surface area contributed by atoms with Crippen LogP contribution in [-0.4, -0.2) is 42.0 Å². The van der Waals surface area contributed by atoms with E-state index >= 15 is 0 Å². The summed E-state index contributed by atoms with van der Waals surface area (Å²) in [4.78, 5) is 14.6. The monoisotopic (exact) mass is 281 g/mol. The van der Waals surface area contributed by atoms with E-state index < -0.39 is 5.54 Å². The molecule has 1 saturated carbocycles. The smallest absolute Gasteiger partial charge is 0.237 e. The molecule has 1 saturated heterocycles. The van der Waals surface area contributed by atoms with Crippen molar-refractivity contribution < 1.29 is 4.79 Å². The molecule has 20 heavy (non-hydrogen) atoms. The fraction of sp³-hybridized carbons (Fsp3) is 0.938. The van der Waals surface area contributed by atoms with Gasteiger partial charge in [-0.2, -0.15) is 0 Å². The van der Waals surface area contributed by atoms with Gasteiger partial charge in [0.05, 0.1) is 5.54 Å². The van der Waals surface area contributed by atoms with Gasteiger partial charge in [-0.1, -0.05) is 19.8 Å². The third kappa shape index (κ3) is 3.17. The zero-order chi connectivity index (χ0) is 14.6. The summed E-state index contributed by atoms with van der Waals surface area (Å²) < 4.78 is 0. The van der Waals surface area contributed by atoms with Crippen molar-refractivity contribution >= 4 is 5.91 Å². The Balaban J connectivity index is 2.11. The molecule has 2 fully saturated rings. The quantitative estimate of drug-likeness (QED) is 0.829. The maximum Gasteiger partial charge on any atom is 0.237 e. The number of rotatable bonds is 4. The Morgan fingerprint density at radius 2 is 2.10 bits per heavy atom. The zero-order valence-corrected chi connectivity index (χ0v) is 13.2. The van der Waals surface area contributed by atoms with Gasteiger partial charge in [-0.3, -0.25) is 9.69 Å². The van der Waals surface area contributed by atoms with E-state index in [-0.39, 0.29) is 5.91 Å². The normalized spacial score (nSPS) is 36.5. The summed E-state index contributed by atoms with van der Waals surface area (Å²) in [6.07, 6.45) is 10.6. The summed E-state index contributed by atoms with van der Waals surface area (Å²) in [6, 6.07) is 1.22. The van der Waals surface area contributed by atoms with Gasteiger partial charge < -0.3 is 11.1 Å². The number of likely N-dealkylation sites (tertiary alicyclic amines) is 1. The lowest BCUT2D eigenvalue weighted by atomic mass is 9.77. The van der Waals surface area contributed by atoms with E-state index in [1.165, 1.54) is 45.1 Å². The van der Waals surface area contributed by atoms with Gasteiger partial charge in [-0.25, -0.2) is 0 Å². The number of likely N-dealkylation sites (N-methyl/N-ethyl adjacent to an activating group) is 1. The minimum atomic E-state index is -0.479. The van der Waals surface area contributed by atoms with Crippen molar-refractivity contribution in [2.75, 3.05) is 13.6 Å². The van der Waals surface area contributed by atoms with Crippen LogP contribution in [0.4, 0.5) is 0 Å². The molecular formula is C16H31N3O. The summed E-state index contributed by atoms with van der Waals surface area (Å²) in [5, 5.41) is 3.23. The minimum absolute atomic E-state index is 0.174. The standard InChI is InChI=1S/C16H31N3O/c1-3-13-8-5-4-6-11-19(13)14-9-7-10-16(12-14,18-2)15(17)20/h13-14,18H,3-12H2,1-2H3,(H2,17,20). The Labute approximate surface area is 123 Å². The Bertz CT molecular complexity index is 334. The molecule has 1 heterocycles. The lowest BCUT2D eigenvalue weighted by Gasteiger charge is -2.45. The van der Waals surface area contributed by atoms with Crippen LogP contribution in [0.25, 0.3) is 0 Å². The van der Waals surface area contributed by atoms with E-state index in [2.05, 4.69) is 17.1 Å². The van der Waals surface area contributed by atoms with Gasteiger partial charge in [0, 0.05) is 12.1 Å². The highest BCUT2D eigenvalue weighted by Crippen LogP contribution is 2.34. The summed E-state index contributed by atoms with van der Waals surface area (Å²) in [6.45, 7) is 3.49. The number of nitrogens with two attached hydrogens (primary N) is 1.